The van der Waals surface area contributed by atoms with Gasteiger partial charge in [-0.1, -0.05) is 84.4 Å². The van der Waals surface area contributed by atoms with E-state index in [9.17, 15) is 0 Å². The summed E-state index contributed by atoms with van der Waals surface area (Å²) >= 11 is 0. The highest BCUT2D eigenvalue weighted by molar-refractivity contribution is 5.43. The van der Waals surface area contributed by atoms with Crippen molar-refractivity contribution in [2.24, 2.45) is 0 Å². The van der Waals surface area contributed by atoms with Crippen LogP contribution < -0.4 is 0 Å². The van der Waals surface area contributed by atoms with Crippen LogP contribution in [0.4, 0.5) is 0 Å². The normalized spacial score (nSPS) is 15.0. The van der Waals surface area contributed by atoms with Crippen LogP contribution in [0.25, 0.3) is 0 Å². The Morgan fingerprint density at radius 3 is 1.85 bits per heavy atom. The van der Waals surface area contributed by atoms with Crippen molar-refractivity contribution < 1.29 is 0 Å². The molecular weight excluding hydrogens is 324 g/mol. The van der Waals surface area contributed by atoms with Crippen LogP contribution in [0.15, 0.2) is 30.3 Å². The number of hydrogen-bond acceptors (Lipinski definition) is 0. The van der Waals surface area contributed by atoms with E-state index in [1.807, 2.05) is 13.8 Å². The Labute approximate surface area is 169 Å². The van der Waals surface area contributed by atoms with E-state index in [0.717, 1.165) is 5.92 Å². The lowest BCUT2D eigenvalue weighted by Crippen LogP contribution is -1.96. The van der Waals surface area contributed by atoms with Gasteiger partial charge in [0.2, 0.25) is 0 Å². The summed E-state index contributed by atoms with van der Waals surface area (Å²) in [5.74, 6) is 2.09. The molecule has 150 valence electrons. The van der Waals surface area contributed by atoms with Gasteiger partial charge < -0.3 is 0 Å². The third-order valence-corrected chi connectivity index (χ3v) is 5.58. The average Bonchev–Trinajstić information content (AvgIpc) is 2.98. The molecule has 0 aliphatic heterocycles. The smallest absolute Gasteiger partial charge is 0.0184 e. The molecule has 0 nitrogen and oxygen atoms in total. The number of hydrogen-bond donors (Lipinski definition) is 0. The van der Waals surface area contributed by atoms with Crippen LogP contribution in [0.1, 0.15) is 112 Å². The summed E-state index contributed by atoms with van der Waals surface area (Å²) in [7, 11) is 0. The molecule has 0 radical (unpaired) electrons. The minimum atomic E-state index is 0.648. The first-order valence-corrected chi connectivity index (χ1v) is 10.9. The Bertz CT molecular complexity index is 718. The van der Waals surface area contributed by atoms with Crippen LogP contribution >= 0.6 is 0 Å². The lowest BCUT2D eigenvalue weighted by Gasteiger charge is -2.14. The van der Waals surface area contributed by atoms with Crippen molar-refractivity contribution >= 4 is 0 Å². The van der Waals surface area contributed by atoms with Gasteiger partial charge in [0.1, 0.15) is 0 Å². The molecule has 1 aliphatic carbocycles. The second-order valence-corrected chi connectivity index (χ2v) is 8.52. The van der Waals surface area contributed by atoms with Crippen LogP contribution in [-0.2, 0) is 6.42 Å². The van der Waals surface area contributed by atoms with E-state index in [1.165, 1.54) is 40.7 Å². The minimum absolute atomic E-state index is 0.648. The molecule has 1 aliphatic rings. The summed E-state index contributed by atoms with van der Waals surface area (Å²) in [6.07, 6.45) is 2.63. The van der Waals surface area contributed by atoms with Gasteiger partial charge in [-0.2, -0.15) is 0 Å². The van der Waals surface area contributed by atoms with Crippen molar-refractivity contribution in [3.05, 3.63) is 69.3 Å². The van der Waals surface area contributed by atoms with E-state index in [0.29, 0.717) is 11.8 Å². The summed E-state index contributed by atoms with van der Waals surface area (Å²) in [4.78, 5) is 0. The van der Waals surface area contributed by atoms with Gasteiger partial charge >= 0.3 is 0 Å². The molecule has 3 rings (SSSR count). The van der Waals surface area contributed by atoms with Crippen LogP contribution in [0.5, 0.6) is 0 Å². The van der Waals surface area contributed by atoms with Crippen molar-refractivity contribution in [3.63, 3.8) is 0 Å². The van der Waals surface area contributed by atoms with Crippen molar-refractivity contribution in [1.82, 2.24) is 0 Å². The second kappa shape index (κ2) is 10.7. The zero-order valence-corrected chi connectivity index (χ0v) is 19.5. The molecule has 0 N–H and O–H groups in total. The minimum Gasteiger partial charge on any atom is -0.0683 e. The largest absolute Gasteiger partial charge is 0.0683 e. The highest BCUT2D eigenvalue weighted by Crippen LogP contribution is 2.36. The van der Waals surface area contributed by atoms with E-state index < -0.39 is 0 Å². The average molecular weight is 367 g/mol. The maximum Gasteiger partial charge on any atom is -0.0184 e. The van der Waals surface area contributed by atoms with Gasteiger partial charge in [0, 0.05) is 0 Å². The molecule has 0 fully saturated rings. The second-order valence-electron chi connectivity index (χ2n) is 8.52. The van der Waals surface area contributed by atoms with Crippen molar-refractivity contribution in [1.29, 1.82) is 0 Å². The van der Waals surface area contributed by atoms with Crippen LogP contribution in [0.3, 0.4) is 0 Å². The fraction of sp³-hybridized carbons (Fsp3) is 0.556. The monoisotopic (exact) mass is 366 g/mol. The summed E-state index contributed by atoms with van der Waals surface area (Å²) in [5, 5.41) is 0. The molecule has 2 aromatic rings. The SMILES string of the molecule is CC.Cc1cc2c(cc1C(C)C)C(C)CC2.Cc1ccc(C)c(C(C)C)c1. The zero-order chi connectivity index (χ0) is 20.7. The van der Waals surface area contributed by atoms with Gasteiger partial charge in [0.05, 0.1) is 0 Å². The highest BCUT2D eigenvalue weighted by atomic mass is 14.2. The van der Waals surface area contributed by atoms with Crippen molar-refractivity contribution in [2.75, 3.05) is 0 Å². The molecule has 0 heterocycles. The molecule has 0 saturated carbocycles. The van der Waals surface area contributed by atoms with E-state index in [2.05, 4.69) is 85.7 Å². The summed E-state index contributed by atoms with van der Waals surface area (Å²) in [6, 6.07) is 11.5. The first-order valence-electron chi connectivity index (χ1n) is 10.9. The molecule has 1 unspecified atom stereocenters. The van der Waals surface area contributed by atoms with E-state index >= 15 is 0 Å². The standard InChI is InChI=1S/C14H20.C11H16.C2H6/c1-9(2)13-8-14-10(3)5-6-12(14)7-11(13)4;1-8(2)11-7-9(3)5-6-10(11)4;1-2/h7-10H,5-6H2,1-4H3;5-8H,1-4H3;1-2H3. The van der Waals surface area contributed by atoms with Crippen molar-refractivity contribution in [3.8, 4) is 0 Å². The highest BCUT2D eigenvalue weighted by Gasteiger charge is 2.20. The maximum absolute atomic E-state index is 2.45. The molecule has 0 heteroatoms. The lowest BCUT2D eigenvalue weighted by atomic mass is 9.92. The van der Waals surface area contributed by atoms with Crippen LogP contribution in [0, 0.1) is 20.8 Å². The fourth-order valence-electron chi connectivity index (χ4n) is 4.01. The predicted molar refractivity (Wildman–Crippen MR) is 123 cm³/mol. The van der Waals surface area contributed by atoms with E-state index in [-0.39, 0.29) is 0 Å². The molecule has 1 atom stereocenters. The topological polar surface area (TPSA) is 0 Å². The van der Waals surface area contributed by atoms with Gasteiger partial charge in [-0.3, -0.25) is 0 Å². The summed E-state index contributed by atoms with van der Waals surface area (Å²) in [6.45, 7) is 22.0. The maximum atomic E-state index is 2.45. The Morgan fingerprint density at radius 2 is 1.33 bits per heavy atom. The summed E-state index contributed by atoms with van der Waals surface area (Å²) in [5.41, 5.74) is 10.5. The Balaban J connectivity index is 0.000000254. The molecule has 0 amide bonds. The Hall–Kier alpha value is -1.56. The first kappa shape index (κ1) is 23.5. The molecule has 0 spiro atoms. The third kappa shape index (κ3) is 6.23. The van der Waals surface area contributed by atoms with E-state index in [1.54, 1.807) is 11.1 Å². The van der Waals surface area contributed by atoms with Crippen LogP contribution in [0.2, 0.25) is 0 Å². The van der Waals surface area contributed by atoms with Gasteiger partial charge in [0.15, 0.2) is 0 Å². The number of fused-ring (bicyclic) bond motifs is 1. The molecule has 2 aromatic carbocycles. The molecule has 0 bridgehead atoms. The molecular formula is C27H42. The van der Waals surface area contributed by atoms with Gasteiger partial charge in [-0.15, -0.1) is 0 Å². The van der Waals surface area contributed by atoms with E-state index in [4.69, 9.17) is 0 Å². The predicted octanol–water partition coefficient (Wildman–Crippen LogP) is 8.62. The lowest BCUT2D eigenvalue weighted by molar-refractivity contribution is 0.745. The van der Waals surface area contributed by atoms with Gasteiger partial charge in [-0.05, 0) is 84.7 Å². The third-order valence-electron chi connectivity index (χ3n) is 5.58. The Morgan fingerprint density at radius 1 is 0.778 bits per heavy atom. The van der Waals surface area contributed by atoms with Gasteiger partial charge in [-0.25, -0.2) is 0 Å². The fourth-order valence-corrected chi connectivity index (χ4v) is 4.01. The number of rotatable bonds is 2. The molecule has 27 heavy (non-hydrogen) atoms. The van der Waals surface area contributed by atoms with Crippen LogP contribution in [-0.4, -0.2) is 0 Å². The number of aryl methyl sites for hydroxylation is 4. The van der Waals surface area contributed by atoms with Crippen molar-refractivity contribution in [2.45, 2.75) is 99.8 Å². The van der Waals surface area contributed by atoms with Gasteiger partial charge in [0.25, 0.3) is 0 Å². The summed E-state index contributed by atoms with van der Waals surface area (Å²) < 4.78 is 0. The first-order chi connectivity index (χ1) is 12.7. The zero-order valence-electron chi connectivity index (χ0n) is 19.5. The Kier molecular flexibility index (Phi) is 9.30. The quantitative estimate of drug-likeness (QED) is 0.499. The number of benzene rings is 2. The molecule has 0 aromatic heterocycles. The molecule has 0 saturated heterocycles.